The summed E-state index contributed by atoms with van der Waals surface area (Å²) in [5.74, 6) is 0. The molecular weight excluding hydrogens is 268 g/mol. The Morgan fingerprint density at radius 1 is 1.15 bits per heavy atom. The van der Waals surface area contributed by atoms with Crippen LogP contribution in [0.25, 0.3) is 0 Å². The Morgan fingerprint density at radius 2 is 1.85 bits per heavy atom. The van der Waals surface area contributed by atoms with Crippen molar-refractivity contribution >= 4 is 16.5 Å². The molecule has 2 aromatic heterocycles. The van der Waals surface area contributed by atoms with Gasteiger partial charge in [-0.15, -0.1) is 11.3 Å². The molecule has 4 nitrogen and oxygen atoms in total. The molecule has 0 bridgehead atoms. The lowest BCUT2D eigenvalue weighted by molar-refractivity contribution is 0.333. The smallest absolute Gasteiger partial charge is 0.185 e. The van der Waals surface area contributed by atoms with Crippen LogP contribution in [0.1, 0.15) is 16.1 Å². The predicted molar refractivity (Wildman–Crippen MR) is 85.5 cm³/mol. The molecule has 0 aromatic carbocycles. The first kappa shape index (κ1) is 14.9. The number of aromatic nitrogens is 2. The van der Waals surface area contributed by atoms with Crippen molar-refractivity contribution < 1.29 is 0 Å². The van der Waals surface area contributed by atoms with E-state index in [1.54, 1.807) is 11.3 Å². The first-order chi connectivity index (χ1) is 9.56. The van der Waals surface area contributed by atoms with Crippen LogP contribution in [0.3, 0.4) is 0 Å². The van der Waals surface area contributed by atoms with Gasteiger partial charge in [-0.05, 0) is 38.1 Å². The van der Waals surface area contributed by atoms with Crippen molar-refractivity contribution in [2.24, 2.45) is 0 Å². The number of nitrogens with zero attached hydrogens (tertiary/aromatic N) is 4. The van der Waals surface area contributed by atoms with E-state index in [1.807, 2.05) is 26.5 Å². The van der Waals surface area contributed by atoms with Gasteiger partial charge in [0, 0.05) is 44.5 Å². The molecule has 2 rings (SSSR count). The van der Waals surface area contributed by atoms with Crippen LogP contribution in [0.5, 0.6) is 0 Å². The van der Waals surface area contributed by atoms with E-state index in [0.717, 1.165) is 30.3 Å². The molecule has 108 valence electrons. The monoisotopic (exact) mass is 290 g/mol. The Bertz CT molecular complexity index is 536. The number of anilines is 1. The zero-order valence-corrected chi connectivity index (χ0v) is 13.4. The molecular formula is C15H22N4S. The molecule has 2 heterocycles. The minimum Gasteiger partial charge on any atom is -0.354 e. The van der Waals surface area contributed by atoms with E-state index in [4.69, 9.17) is 0 Å². The van der Waals surface area contributed by atoms with Crippen molar-refractivity contribution in [2.75, 3.05) is 32.6 Å². The van der Waals surface area contributed by atoms with Gasteiger partial charge >= 0.3 is 0 Å². The summed E-state index contributed by atoms with van der Waals surface area (Å²) in [6, 6.07) is 4.16. The molecule has 0 radical (unpaired) electrons. The first-order valence-corrected chi connectivity index (χ1v) is 7.59. The molecule has 0 unspecified atom stereocenters. The molecule has 20 heavy (non-hydrogen) atoms. The number of likely N-dealkylation sites (N-methyl/N-ethyl adjacent to an activating group) is 1. The third-order valence-electron chi connectivity index (χ3n) is 3.21. The van der Waals surface area contributed by atoms with E-state index >= 15 is 0 Å². The Labute approximate surface area is 125 Å². The van der Waals surface area contributed by atoms with E-state index in [-0.39, 0.29) is 0 Å². The lowest BCUT2D eigenvalue weighted by atomic mass is 10.2. The van der Waals surface area contributed by atoms with Crippen LogP contribution in [0, 0.1) is 6.92 Å². The van der Waals surface area contributed by atoms with Gasteiger partial charge in [-0.2, -0.15) is 0 Å². The Balaban J connectivity index is 1.89. The second-order valence-corrected chi connectivity index (χ2v) is 6.30. The number of hydrogen-bond acceptors (Lipinski definition) is 5. The molecule has 0 saturated heterocycles. The molecule has 0 aliphatic rings. The second kappa shape index (κ2) is 6.81. The molecule has 5 heteroatoms. The van der Waals surface area contributed by atoms with Gasteiger partial charge in [-0.3, -0.25) is 4.98 Å². The van der Waals surface area contributed by atoms with Crippen molar-refractivity contribution in [1.29, 1.82) is 0 Å². The minimum absolute atomic E-state index is 0.961. The highest BCUT2D eigenvalue weighted by atomic mass is 32.1. The van der Waals surface area contributed by atoms with Crippen LogP contribution in [-0.2, 0) is 13.0 Å². The molecule has 0 saturated carbocycles. The highest BCUT2D eigenvalue weighted by Crippen LogP contribution is 2.25. The van der Waals surface area contributed by atoms with Crippen LogP contribution >= 0.6 is 11.3 Å². The van der Waals surface area contributed by atoms with Gasteiger partial charge in [-0.25, -0.2) is 4.98 Å². The van der Waals surface area contributed by atoms with Gasteiger partial charge in [0.15, 0.2) is 5.13 Å². The van der Waals surface area contributed by atoms with Crippen molar-refractivity contribution in [1.82, 2.24) is 14.9 Å². The van der Waals surface area contributed by atoms with Crippen LogP contribution < -0.4 is 4.90 Å². The molecule has 0 spiro atoms. The van der Waals surface area contributed by atoms with Gasteiger partial charge in [0.1, 0.15) is 0 Å². The third-order valence-corrected chi connectivity index (χ3v) is 4.52. The topological polar surface area (TPSA) is 32.3 Å². The molecule has 0 aliphatic carbocycles. The maximum atomic E-state index is 4.59. The minimum atomic E-state index is 0.961. The Hall–Kier alpha value is -1.46. The number of rotatable bonds is 6. The summed E-state index contributed by atoms with van der Waals surface area (Å²) in [6.45, 7) is 4.09. The SMILES string of the molecule is Cc1nc(N(C)C)sc1CN(C)CCc1ccncc1. The lowest BCUT2D eigenvalue weighted by Crippen LogP contribution is -2.20. The van der Waals surface area contributed by atoms with Crippen molar-refractivity contribution in [3.63, 3.8) is 0 Å². The van der Waals surface area contributed by atoms with Crippen LogP contribution in [-0.4, -0.2) is 42.6 Å². The third kappa shape index (κ3) is 4.02. The highest BCUT2D eigenvalue weighted by Gasteiger charge is 2.11. The maximum Gasteiger partial charge on any atom is 0.185 e. The summed E-state index contributed by atoms with van der Waals surface area (Å²) in [4.78, 5) is 14.4. The summed E-state index contributed by atoms with van der Waals surface area (Å²) in [7, 11) is 6.24. The van der Waals surface area contributed by atoms with Gasteiger partial charge in [0.05, 0.1) is 5.69 Å². The van der Waals surface area contributed by atoms with E-state index in [1.165, 1.54) is 10.4 Å². The largest absolute Gasteiger partial charge is 0.354 e. The second-order valence-electron chi connectivity index (χ2n) is 5.24. The van der Waals surface area contributed by atoms with Gasteiger partial charge in [0.25, 0.3) is 0 Å². The first-order valence-electron chi connectivity index (χ1n) is 6.77. The van der Waals surface area contributed by atoms with Crippen LogP contribution in [0.2, 0.25) is 0 Å². The van der Waals surface area contributed by atoms with Gasteiger partial charge < -0.3 is 9.80 Å². The normalized spacial score (nSPS) is 11.1. The number of hydrogen-bond donors (Lipinski definition) is 0. The van der Waals surface area contributed by atoms with Gasteiger partial charge in [-0.1, -0.05) is 0 Å². The summed E-state index contributed by atoms with van der Waals surface area (Å²) < 4.78 is 0. The molecule has 2 aromatic rings. The quantitative estimate of drug-likeness (QED) is 0.818. The average molecular weight is 290 g/mol. The Morgan fingerprint density at radius 3 is 2.45 bits per heavy atom. The van der Waals surface area contributed by atoms with E-state index in [9.17, 15) is 0 Å². The molecule has 0 N–H and O–H groups in total. The number of pyridine rings is 1. The summed E-state index contributed by atoms with van der Waals surface area (Å²) >= 11 is 1.78. The lowest BCUT2D eigenvalue weighted by Gasteiger charge is -2.15. The zero-order valence-electron chi connectivity index (χ0n) is 12.6. The van der Waals surface area contributed by atoms with Crippen molar-refractivity contribution in [3.05, 3.63) is 40.7 Å². The molecule has 0 amide bonds. The summed E-state index contributed by atoms with van der Waals surface area (Å²) in [5.41, 5.74) is 2.48. The highest BCUT2D eigenvalue weighted by molar-refractivity contribution is 7.15. The van der Waals surface area contributed by atoms with E-state index < -0.39 is 0 Å². The fraction of sp³-hybridized carbons (Fsp3) is 0.467. The fourth-order valence-corrected chi connectivity index (χ4v) is 3.01. The van der Waals surface area contributed by atoms with E-state index in [0.29, 0.717) is 0 Å². The molecule has 0 atom stereocenters. The average Bonchev–Trinajstić information content (AvgIpc) is 2.79. The predicted octanol–water partition coefficient (Wildman–Crippen LogP) is 2.59. The van der Waals surface area contributed by atoms with Crippen LogP contribution in [0.4, 0.5) is 5.13 Å². The standard InChI is InChI=1S/C15H22N4S/c1-12-14(20-15(17-12)18(2)3)11-19(4)10-7-13-5-8-16-9-6-13/h5-6,8-9H,7,10-11H2,1-4H3. The van der Waals surface area contributed by atoms with E-state index in [2.05, 4.69) is 45.9 Å². The van der Waals surface area contributed by atoms with Crippen molar-refractivity contribution in [2.45, 2.75) is 19.9 Å². The molecule has 0 aliphatic heterocycles. The number of aryl methyl sites for hydroxylation is 1. The maximum absolute atomic E-state index is 4.59. The zero-order chi connectivity index (χ0) is 14.5. The Kier molecular flexibility index (Phi) is 5.09. The van der Waals surface area contributed by atoms with Gasteiger partial charge in [0.2, 0.25) is 0 Å². The van der Waals surface area contributed by atoms with Crippen LogP contribution in [0.15, 0.2) is 24.5 Å². The fourth-order valence-electron chi connectivity index (χ4n) is 1.94. The van der Waals surface area contributed by atoms with Crippen molar-refractivity contribution in [3.8, 4) is 0 Å². The number of thiazole rings is 1. The molecule has 0 fully saturated rings. The summed E-state index contributed by atoms with van der Waals surface area (Å²) in [6.07, 6.45) is 4.76. The summed E-state index contributed by atoms with van der Waals surface area (Å²) in [5, 5.41) is 1.08.